The van der Waals surface area contributed by atoms with Crippen LogP contribution >= 0.6 is 0 Å². The van der Waals surface area contributed by atoms with Gasteiger partial charge in [-0.15, -0.1) is 0 Å². The number of hydrogen-bond acceptors (Lipinski definition) is 4. The first kappa shape index (κ1) is 13.0. The van der Waals surface area contributed by atoms with E-state index in [0.29, 0.717) is 25.7 Å². The molecule has 2 aliphatic rings. The van der Waals surface area contributed by atoms with Gasteiger partial charge in [0, 0.05) is 5.92 Å². The molecule has 1 N–H and O–H groups in total. The van der Waals surface area contributed by atoms with Crippen LogP contribution in [-0.2, 0) is 14.2 Å². The van der Waals surface area contributed by atoms with Crippen LogP contribution in [0.2, 0.25) is 0 Å². The molecule has 2 aliphatic heterocycles. The van der Waals surface area contributed by atoms with Crippen LogP contribution in [0.25, 0.3) is 0 Å². The second-order valence-electron chi connectivity index (χ2n) is 4.74. The lowest BCUT2D eigenvalue weighted by atomic mass is 9.91. The topological polar surface area (TPSA) is 47.9 Å². The Bertz CT molecular complexity index is 266. The van der Waals surface area contributed by atoms with Crippen molar-refractivity contribution in [2.24, 2.45) is 5.92 Å². The molecule has 2 rings (SSSR count). The van der Waals surface area contributed by atoms with Crippen LogP contribution in [0.4, 0.5) is 0 Å². The Morgan fingerprint density at radius 2 is 2.12 bits per heavy atom. The molecule has 0 aromatic rings. The molecule has 0 saturated carbocycles. The Morgan fingerprint density at radius 1 is 1.35 bits per heavy atom. The third-order valence-corrected chi connectivity index (χ3v) is 3.53. The van der Waals surface area contributed by atoms with E-state index in [9.17, 15) is 0 Å². The summed E-state index contributed by atoms with van der Waals surface area (Å²) in [4.78, 5) is 0. The summed E-state index contributed by atoms with van der Waals surface area (Å²) in [5, 5.41) is 8.76. The highest BCUT2D eigenvalue weighted by atomic mass is 16.6. The summed E-state index contributed by atoms with van der Waals surface area (Å²) in [5.74, 6) is 0.308. The van der Waals surface area contributed by atoms with E-state index in [1.165, 1.54) is 5.57 Å². The molecule has 0 spiro atoms. The lowest BCUT2D eigenvalue weighted by molar-refractivity contribution is -0.0414. The predicted octanol–water partition coefficient (Wildman–Crippen LogP) is 1.13. The van der Waals surface area contributed by atoms with Crippen molar-refractivity contribution in [1.29, 1.82) is 0 Å². The average molecular weight is 242 g/mol. The molecule has 0 bridgehead atoms. The van der Waals surface area contributed by atoms with Gasteiger partial charge in [0.15, 0.2) is 0 Å². The first-order chi connectivity index (χ1) is 8.27. The summed E-state index contributed by atoms with van der Waals surface area (Å²) >= 11 is 0. The van der Waals surface area contributed by atoms with Crippen molar-refractivity contribution < 1.29 is 19.3 Å². The summed E-state index contributed by atoms with van der Waals surface area (Å²) in [5.41, 5.74) is 1.22. The minimum absolute atomic E-state index is 0.0140. The van der Waals surface area contributed by atoms with Crippen LogP contribution in [0.5, 0.6) is 0 Å². The van der Waals surface area contributed by atoms with E-state index >= 15 is 0 Å². The van der Waals surface area contributed by atoms with Crippen molar-refractivity contribution in [3.63, 3.8) is 0 Å². The van der Waals surface area contributed by atoms with E-state index in [2.05, 4.69) is 13.5 Å². The van der Waals surface area contributed by atoms with E-state index in [0.717, 1.165) is 12.8 Å². The van der Waals surface area contributed by atoms with Gasteiger partial charge in [0.2, 0.25) is 0 Å². The van der Waals surface area contributed by atoms with E-state index in [4.69, 9.17) is 19.3 Å². The fourth-order valence-corrected chi connectivity index (χ4v) is 2.67. The highest BCUT2D eigenvalue weighted by Gasteiger charge is 2.48. The maximum atomic E-state index is 8.76. The minimum Gasteiger partial charge on any atom is -0.394 e. The largest absolute Gasteiger partial charge is 0.394 e. The zero-order chi connectivity index (χ0) is 12.3. The van der Waals surface area contributed by atoms with Gasteiger partial charge in [-0.25, -0.2) is 0 Å². The zero-order valence-electron chi connectivity index (χ0n) is 10.4. The summed E-state index contributed by atoms with van der Waals surface area (Å²) in [6, 6.07) is 0. The summed E-state index contributed by atoms with van der Waals surface area (Å²) in [6.07, 6.45) is 2.21. The van der Waals surface area contributed by atoms with Crippen molar-refractivity contribution in [3.8, 4) is 0 Å². The molecule has 0 amide bonds. The lowest BCUT2D eigenvalue weighted by Gasteiger charge is -2.18. The number of fused-ring (bicyclic) bond motifs is 1. The SMILES string of the molecule is C=C(CCC)[C@@H]1CO[C@H]2[C@@H]1OC[C@H]2OCCO. The van der Waals surface area contributed by atoms with Crippen molar-refractivity contribution in [1.82, 2.24) is 0 Å². The van der Waals surface area contributed by atoms with Crippen molar-refractivity contribution in [2.45, 2.75) is 38.1 Å². The summed E-state index contributed by atoms with van der Waals surface area (Å²) in [7, 11) is 0. The highest BCUT2D eigenvalue weighted by Crippen LogP contribution is 2.36. The first-order valence-corrected chi connectivity index (χ1v) is 6.41. The van der Waals surface area contributed by atoms with Gasteiger partial charge in [-0.3, -0.25) is 0 Å². The van der Waals surface area contributed by atoms with Gasteiger partial charge in [0.05, 0.1) is 32.5 Å². The van der Waals surface area contributed by atoms with Gasteiger partial charge in [-0.1, -0.05) is 25.5 Å². The molecular formula is C13H22O4. The number of hydrogen-bond donors (Lipinski definition) is 1. The number of aliphatic hydroxyl groups excluding tert-OH is 1. The molecule has 98 valence electrons. The predicted molar refractivity (Wildman–Crippen MR) is 63.8 cm³/mol. The number of ether oxygens (including phenoxy) is 3. The maximum absolute atomic E-state index is 8.76. The summed E-state index contributed by atoms with van der Waals surface area (Å²) in [6.45, 7) is 7.93. The fraction of sp³-hybridized carbons (Fsp3) is 0.846. The smallest absolute Gasteiger partial charge is 0.113 e. The van der Waals surface area contributed by atoms with Gasteiger partial charge in [-0.2, -0.15) is 0 Å². The molecule has 0 unspecified atom stereocenters. The fourth-order valence-electron chi connectivity index (χ4n) is 2.67. The molecule has 2 saturated heterocycles. The molecule has 4 nitrogen and oxygen atoms in total. The van der Waals surface area contributed by atoms with Crippen LogP contribution in [0, 0.1) is 5.92 Å². The molecule has 0 aliphatic carbocycles. The Morgan fingerprint density at radius 3 is 2.82 bits per heavy atom. The Hall–Kier alpha value is -0.420. The van der Waals surface area contributed by atoms with Crippen LogP contribution in [-0.4, -0.2) is 49.8 Å². The standard InChI is InChI=1S/C13H22O4/c1-3-4-9(2)10-7-16-13-11(15-6-5-14)8-17-12(10)13/h10-14H,2-8H2,1H3/t10-,11+,12+,13+/m0/s1. The molecule has 0 aromatic carbocycles. The van der Waals surface area contributed by atoms with Gasteiger partial charge < -0.3 is 19.3 Å². The number of aliphatic hydroxyl groups is 1. The molecule has 4 heteroatoms. The van der Waals surface area contributed by atoms with Gasteiger partial charge in [-0.05, 0) is 6.42 Å². The molecule has 0 aromatic heterocycles. The van der Waals surface area contributed by atoms with Gasteiger partial charge in [0.25, 0.3) is 0 Å². The maximum Gasteiger partial charge on any atom is 0.113 e. The third-order valence-electron chi connectivity index (χ3n) is 3.53. The normalized spacial score (nSPS) is 36.1. The number of rotatable bonds is 6. The molecule has 2 fully saturated rings. The molecule has 0 radical (unpaired) electrons. The Labute approximate surface area is 103 Å². The molecule has 17 heavy (non-hydrogen) atoms. The van der Waals surface area contributed by atoms with Crippen LogP contribution in [0.3, 0.4) is 0 Å². The molecular weight excluding hydrogens is 220 g/mol. The highest BCUT2D eigenvalue weighted by molar-refractivity contribution is 5.10. The molecule has 4 atom stereocenters. The van der Waals surface area contributed by atoms with Crippen molar-refractivity contribution in [3.05, 3.63) is 12.2 Å². The van der Waals surface area contributed by atoms with E-state index < -0.39 is 0 Å². The summed E-state index contributed by atoms with van der Waals surface area (Å²) < 4.78 is 17.1. The lowest BCUT2D eigenvalue weighted by Crippen LogP contribution is -2.32. The Kier molecular flexibility index (Phi) is 4.56. The van der Waals surface area contributed by atoms with Crippen molar-refractivity contribution in [2.75, 3.05) is 26.4 Å². The molecule has 2 heterocycles. The second-order valence-corrected chi connectivity index (χ2v) is 4.74. The van der Waals surface area contributed by atoms with E-state index in [1.54, 1.807) is 0 Å². The average Bonchev–Trinajstić information content (AvgIpc) is 2.87. The van der Waals surface area contributed by atoms with E-state index in [1.807, 2.05) is 0 Å². The second kappa shape index (κ2) is 5.96. The van der Waals surface area contributed by atoms with Gasteiger partial charge in [0.1, 0.15) is 12.2 Å². The van der Waals surface area contributed by atoms with Gasteiger partial charge >= 0.3 is 0 Å². The third kappa shape index (κ3) is 2.71. The Balaban J connectivity index is 1.90. The van der Waals surface area contributed by atoms with Crippen LogP contribution in [0.15, 0.2) is 12.2 Å². The first-order valence-electron chi connectivity index (χ1n) is 6.41. The van der Waals surface area contributed by atoms with Crippen molar-refractivity contribution >= 4 is 0 Å². The van der Waals surface area contributed by atoms with Crippen LogP contribution in [0.1, 0.15) is 19.8 Å². The quantitative estimate of drug-likeness (QED) is 0.709. The monoisotopic (exact) mass is 242 g/mol. The zero-order valence-corrected chi connectivity index (χ0v) is 10.4. The van der Waals surface area contributed by atoms with Crippen LogP contribution < -0.4 is 0 Å². The van der Waals surface area contributed by atoms with E-state index in [-0.39, 0.29) is 24.9 Å². The minimum atomic E-state index is -0.0356.